The molecule has 36 heavy (non-hydrogen) atoms. The maximum absolute atomic E-state index is 14.8. The fraction of sp³-hybridized carbons (Fsp3) is 0.345. The number of carbonyl (C=O) groups is 1. The third-order valence-corrected chi connectivity index (χ3v) is 6.91. The van der Waals surface area contributed by atoms with Gasteiger partial charge in [-0.1, -0.05) is 50.3 Å². The molecular weight excluding hydrogens is 455 g/mol. The van der Waals surface area contributed by atoms with Crippen LogP contribution < -0.4 is 4.74 Å². The molecule has 0 radical (unpaired) electrons. The molecule has 2 aliphatic rings. The van der Waals surface area contributed by atoms with E-state index in [1.165, 1.54) is 6.07 Å². The number of aromatic amines is 1. The molecule has 1 N–H and O–H groups in total. The summed E-state index contributed by atoms with van der Waals surface area (Å²) in [5.41, 5.74) is 4.66. The van der Waals surface area contributed by atoms with Crippen molar-refractivity contribution in [3.05, 3.63) is 94.6 Å². The van der Waals surface area contributed by atoms with Crippen molar-refractivity contribution in [3.8, 4) is 5.75 Å². The molecule has 2 aromatic rings. The van der Waals surface area contributed by atoms with Gasteiger partial charge in [0.2, 0.25) is 0 Å². The van der Waals surface area contributed by atoms with Gasteiger partial charge in [0.25, 0.3) is 5.91 Å². The summed E-state index contributed by atoms with van der Waals surface area (Å²) in [6, 6.07) is 4.19. The Bertz CT molecular complexity index is 1280. The van der Waals surface area contributed by atoms with Crippen molar-refractivity contribution in [1.82, 2.24) is 14.9 Å². The van der Waals surface area contributed by atoms with E-state index in [-0.39, 0.29) is 17.6 Å². The lowest BCUT2D eigenvalue weighted by Crippen LogP contribution is -2.42. The first-order chi connectivity index (χ1) is 17.3. The van der Waals surface area contributed by atoms with Crippen molar-refractivity contribution >= 4 is 12.1 Å². The van der Waals surface area contributed by atoms with Gasteiger partial charge in [0.15, 0.2) is 0 Å². The molecule has 1 aromatic carbocycles. The molecule has 6 nitrogen and oxygen atoms in total. The number of amides is 1. The monoisotopic (exact) mass is 488 g/mol. The van der Waals surface area contributed by atoms with Gasteiger partial charge < -0.3 is 14.6 Å². The van der Waals surface area contributed by atoms with E-state index in [1.54, 1.807) is 29.6 Å². The fourth-order valence-electron chi connectivity index (χ4n) is 4.53. The van der Waals surface area contributed by atoms with Gasteiger partial charge in [0, 0.05) is 30.4 Å². The summed E-state index contributed by atoms with van der Waals surface area (Å²) >= 11 is 0. The van der Waals surface area contributed by atoms with Crippen LogP contribution in [0.5, 0.6) is 5.75 Å². The van der Waals surface area contributed by atoms with Gasteiger partial charge in [0.05, 0.1) is 24.1 Å². The van der Waals surface area contributed by atoms with Gasteiger partial charge in [-0.15, -0.1) is 0 Å². The number of hydrogen-bond acceptors (Lipinski definition) is 4. The standard InChI is InChI=1S/C29H33FN4O2/c1-6-18(3)11-12-21-15-31-16-22(21)29(35)34-14-13-24-27(33-17-32-24)28(34)20(5)36-25-10-8-9-23(30)26(25)19(4)7-2/h6,8-12,16-17,19,28H,5,7,13-15H2,1-4H3,(H,32,33)/b12-11-,18-6-/t19?,28-/m1/s1. The van der Waals surface area contributed by atoms with Crippen molar-refractivity contribution in [2.45, 2.75) is 52.5 Å². The molecule has 0 saturated carbocycles. The largest absolute Gasteiger partial charge is 0.459 e. The van der Waals surface area contributed by atoms with Crippen LogP contribution in [-0.2, 0) is 11.2 Å². The second-order valence-corrected chi connectivity index (χ2v) is 9.22. The summed E-state index contributed by atoms with van der Waals surface area (Å²) < 4.78 is 21.0. The third-order valence-electron chi connectivity index (χ3n) is 6.91. The molecule has 3 heterocycles. The van der Waals surface area contributed by atoms with Crippen LogP contribution in [0.15, 0.2) is 76.8 Å². The second-order valence-electron chi connectivity index (χ2n) is 9.22. The van der Waals surface area contributed by atoms with Crippen LogP contribution in [0.2, 0.25) is 0 Å². The predicted molar refractivity (Wildman–Crippen MR) is 141 cm³/mol. The molecule has 1 unspecified atom stereocenters. The van der Waals surface area contributed by atoms with Crippen molar-refractivity contribution in [3.63, 3.8) is 0 Å². The molecule has 0 spiro atoms. The SMILES string of the molecule is C=C(Oc1cccc(F)c1C(C)CC)[C@@H]1c2nc[nH]c2CCN1C(=O)C1=C(/C=C\C(C)=C/C)CN=C1. The summed E-state index contributed by atoms with van der Waals surface area (Å²) in [7, 11) is 0. The number of nitrogens with one attached hydrogen (secondary N) is 1. The third kappa shape index (κ3) is 4.96. The van der Waals surface area contributed by atoms with E-state index in [4.69, 9.17) is 4.74 Å². The molecule has 188 valence electrons. The Labute approximate surface area is 212 Å². The average Bonchev–Trinajstić information content (AvgIpc) is 3.55. The molecule has 1 aromatic heterocycles. The van der Waals surface area contributed by atoms with Crippen LogP contribution in [0.3, 0.4) is 0 Å². The van der Waals surface area contributed by atoms with Crippen molar-refractivity contribution < 1.29 is 13.9 Å². The molecule has 0 bridgehead atoms. The quantitative estimate of drug-likeness (QED) is 0.367. The Morgan fingerprint density at radius 1 is 1.42 bits per heavy atom. The van der Waals surface area contributed by atoms with Gasteiger partial charge >= 0.3 is 0 Å². The second kappa shape index (κ2) is 10.9. The number of imidazole rings is 1. The summed E-state index contributed by atoms with van der Waals surface area (Å²) in [5, 5.41) is 0. The maximum atomic E-state index is 14.8. The number of halogens is 1. The Morgan fingerprint density at radius 3 is 2.97 bits per heavy atom. The minimum absolute atomic E-state index is 0.0335. The summed E-state index contributed by atoms with van der Waals surface area (Å²) in [6.45, 7) is 13.1. The highest BCUT2D eigenvalue weighted by Gasteiger charge is 2.38. The highest BCUT2D eigenvalue weighted by atomic mass is 19.1. The number of hydrogen-bond donors (Lipinski definition) is 1. The number of carbonyl (C=O) groups excluding carboxylic acids is 1. The van der Waals surface area contributed by atoms with Crippen LogP contribution in [0.1, 0.15) is 63.0 Å². The van der Waals surface area contributed by atoms with Gasteiger partial charge in [-0.2, -0.15) is 0 Å². The van der Waals surface area contributed by atoms with E-state index in [1.807, 2.05) is 45.9 Å². The van der Waals surface area contributed by atoms with Crippen molar-refractivity contribution in [2.75, 3.05) is 13.1 Å². The Hall–Kier alpha value is -3.74. The average molecular weight is 489 g/mol. The molecule has 2 atom stereocenters. The van der Waals surface area contributed by atoms with E-state index in [0.717, 1.165) is 23.3 Å². The van der Waals surface area contributed by atoms with Gasteiger partial charge in [-0.05, 0) is 43.9 Å². The number of rotatable bonds is 8. The van der Waals surface area contributed by atoms with Gasteiger partial charge in [-0.25, -0.2) is 9.37 Å². The van der Waals surface area contributed by atoms with E-state index in [2.05, 4.69) is 21.5 Å². The number of nitrogens with zero attached hydrogens (tertiary/aromatic N) is 3. The molecular formula is C29H33FN4O2. The van der Waals surface area contributed by atoms with Crippen molar-refractivity contribution in [2.24, 2.45) is 4.99 Å². The first-order valence-corrected chi connectivity index (χ1v) is 12.4. The highest BCUT2D eigenvalue weighted by Crippen LogP contribution is 2.38. The Morgan fingerprint density at radius 2 is 2.22 bits per heavy atom. The minimum atomic E-state index is -0.621. The summed E-state index contributed by atoms with van der Waals surface area (Å²) in [4.78, 5) is 27.6. The topological polar surface area (TPSA) is 70.6 Å². The van der Waals surface area contributed by atoms with Crippen LogP contribution in [0.4, 0.5) is 4.39 Å². The van der Waals surface area contributed by atoms with Crippen molar-refractivity contribution in [1.29, 1.82) is 0 Å². The Balaban J connectivity index is 1.69. The number of ether oxygens (including phenoxy) is 1. The minimum Gasteiger partial charge on any atom is -0.459 e. The summed E-state index contributed by atoms with van der Waals surface area (Å²) in [6.07, 6.45) is 10.6. The van der Waals surface area contributed by atoms with E-state index in [0.29, 0.717) is 47.8 Å². The zero-order valence-electron chi connectivity index (χ0n) is 21.3. The molecule has 0 fully saturated rings. The first-order valence-electron chi connectivity index (χ1n) is 12.4. The smallest absolute Gasteiger partial charge is 0.256 e. The van der Waals surface area contributed by atoms with Crippen LogP contribution >= 0.6 is 0 Å². The lowest BCUT2D eigenvalue weighted by molar-refractivity contribution is -0.129. The van der Waals surface area contributed by atoms with Crippen LogP contribution in [-0.4, -0.2) is 40.1 Å². The number of aliphatic imine (C=N–C) groups is 1. The van der Waals surface area contributed by atoms with Gasteiger partial charge in [0.1, 0.15) is 23.4 Å². The number of fused-ring (bicyclic) bond motifs is 1. The number of aromatic nitrogens is 2. The molecule has 2 aliphatic heterocycles. The molecule has 7 heteroatoms. The van der Waals surface area contributed by atoms with Crippen LogP contribution in [0.25, 0.3) is 0 Å². The lowest BCUT2D eigenvalue weighted by atomic mass is 9.96. The number of benzene rings is 1. The predicted octanol–water partition coefficient (Wildman–Crippen LogP) is 5.98. The fourth-order valence-corrected chi connectivity index (χ4v) is 4.53. The van der Waals surface area contributed by atoms with Crippen LogP contribution in [0, 0.1) is 5.82 Å². The molecule has 4 rings (SSSR count). The lowest BCUT2D eigenvalue weighted by Gasteiger charge is -2.36. The Kier molecular flexibility index (Phi) is 7.67. The first kappa shape index (κ1) is 25.4. The number of allylic oxidation sites excluding steroid dienone is 3. The zero-order valence-corrected chi connectivity index (χ0v) is 21.3. The van der Waals surface area contributed by atoms with E-state index >= 15 is 0 Å². The molecule has 0 aliphatic carbocycles. The highest BCUT2D eigenvalue weighted by molar-refractivity contribution is 6.14. The summed E-state index contributed by atoms with van der Waals surface area (Å²) in [5.74, 6) is 0.236. The van der Waals surface area contributed by atoms with E-state index in [9.17, 15) is 9.18 Å². The molecule has 1 amide bonds. The number of H-pyrrole nitrogens is 1. The normalized spacial score (nSPS) is 18.6. The van der Waals surface area contributed by atoms with E-state index < -0.39 is 6.04 Å². The van der Waals surface area contributed by atoms with Gasteiger partial charge in [-0.3, -0.25) is 9.79 Å². The molecule has 0 saturated heterocycles. The maximum Gasteiger partial charge on any atom is 0.256 e. The zero-order chi connectivity index (χ0) is 25.8.